The highest BCUT2D eigenvalue weighted by Gasteiger charge is 2.21. The van der Waals surface area contributed by atoms with Gasteiger partial charge in [0.1, 0.15) is 11.6 Å². The summed E-state index contributed by atoms with van der Waals surface area (Å²) >= 11 is 0. The van der Waals surface area contributed by atoms with Crippen molar-refractivity contribution in [2.24, 2.45) is 0 Å². The quantitative estimate of drug-likeness (QED) is 0.858. The molecule has 0 saturated heterocycles. The van der Waals surface area contributed by atoms with Crippen molar-refractivity contribution in [3.05, 3.63) is 35.7 Å². The van der Waals surface area contributed by atoms with Crippen LogP contribution >= 0.6 is 0 Å². The molecule has 0 spiro atoms. The summed E-state index contributed by atoms with van der Waals surface area (Å²) < 4.78 is 0. The molecule has 5 heteroatoms. The Morgan fingerprint density at radius 2 is 2.00 bits per heavy atom. The van der Waals surface area contributed by atoms with Crippen LogP contribution in [0.4, 0.5) is 11.5 Å². The second-order valence-corrected chi connectivity index (χ2v) is 5.02. The number of aryl methyl sites for hydroxylation is 2. The normalized spacial score (nSPS) is 14.3. The van der Waals surface area contributed by atoms with E-state index in [9.17, 15) is 4.79 Å². The fourth-order valence-electron chi connectivity index (χ4n) is 2.55. The Bertz CT molecular complexity index is 676. The number of nitrogen functional groups attached to an aromatic ring is 1. The second-order valence-electron chi connectivity index (χ2n) is 5.02. The first-order valence-electron chi connectivity index (χ1n) is 6.55. The maximum absolute atomic E-state index is 11.7. The minimum Gasteiger partial charge on any atom is -0.384 e. The lowest BCUT2D eigenvalue weighted by atomic mass is 9.98. The smallest absolute Gasteiger partial charge is 0.227 e. The molecule has 3 rings (SSSR count). The van der Waals surface area contributed by atoms with Crippen molar-refractivity contribution in [2.45, 2.75) is 19.8 Å². The third-order valence-electron chi connectivity index (χ3n) is 3.58. The summed E-state index contributed by atoms with van der Waals surface area (Å²) in [6.45, 7) is 1.82. The van der Waals surface area contributed by atoms with Crippen molar-refractivity contribution in [1.29, 1.82) is 0 Å². The van der Waals surface area contributed by atoms with E-state index in [1.165, 1.54) is 5.56 Å². The van der Waals surface area contributed by atoms with E-state index < -0.39 is 0 Å². The van der Waals surface area contributed by atoms with Gasteiger partial charge >= 0.3 is 0 Å². The lowest BCUT2D eigenvalue weighted by Gasteiger charge is -2.26. The minimum absolute atomic E-state index is 0.160. The van der Waals surface area contributed by atoms with E-state index in [1.54, 1.807) is 11.0 Å². The second kappa shape index (κ2) is 4.59. The monoisotopic (exact) mass is 268 g/mol. The molecule has 2 N–H and O–H groups in total. The summed E-state index contributed by atoms with van der Waals surface area (Å²) in [4.78, 5) is 21.9. The molecule has 0 fully saturated rings. The molecule has 0 atom stereocenters. The molecule has 0 bridgehead atoms. The molecule has 20 heavy (non-hydrogen) atoms. The minimum atomic E-state index is 0.160. The molecule has 1 aliphatic heterocycles. The average molecular weight is 268 g/mol. The van der Waals surface area contributed by atoms with Crippen LogP contribution < -0.4 is 10.6 Å². The van der Waals surface area contributed by atoms with Gasteiger partial charge in [0.15, 0.2) is 0 Å². The molecule has 0 radical (unpaired) electrons. The molecule has 0 unspecified atom stereocenters. The molecule has 102 valence electrons. The van der Waals surface area contributed by atoms with E-state index in [0.717, 1.165) is 23.4 Å². The van der Waals surface area contributed by atoms with E-state index in [0.29, 0.717) is 18.1 Å². The summed E-state index contributed by atoms with van der Waals surface area (Å²) in [6.07, 6.45) is 1.32. The Kier molecular flexibility index (Phi) is 2.89. The lowest BCUT2D eigenvalue weighted by Crippen LogP contribution is -2.30. The first-order valence-corrected chi connectivity index (χ1v) is 6.55. The number of carbonyl (C=O) groups is 1. The molecule has 1 aromatic heterocycles. The van der Waals surface area contributed by atoms with Gasteiger partial charge < -0.3 is 10.6 Å². The number of anilines is 2. The van der Waals surface area contributed by atoms with Crippen molar-refractivity contribution in [2.75, 3.05) is 17.7 Å². The third-order valence-corrected chi connectivity index (χ3v) is 3.58. The standard InChI is InChI=1S/C15H16N4O/c1-9-17-12(8-14(16)18-9)10-3-5-13-11(7-10)4-6-15(20)19(13)2/h3,5,7-8H,4,6H2,1-2H3,(H2,16,17,18). The SMILES string of the molecule is Cc1nc(N)cc(-c2ccc3c(c2)CCC(=O)N3C)n1. The molecule has 2 heterocycles. The lowest BCUT2D eigenvalue weighted by molar-refractivity contribution is -0.118. The van der Waals surface area contributed by atoms with Crippen LogP contribution in [0.2, 0.25) is 0 Å². The van der Waals surface area contributed by atoms with E-state index >= 15 is 0 Å². The number of hydrogen-bond donors (Lipinski definition) is 1. The van der Waals surface area contributed by atoms with Crippen LogP contribution in [0.25, 0.3) is 11.3 Å². The summed E-state index contributed by atoms with van der Waals surface area (Å²) in [5.41, 5.74) is 9.73. The van der Waals surface area contributed by atoms with E-state index in [1.807, 2.05) is 26.1 Å². The van der Waals surface area contributed by atoms with Gasteiger partial charge in [-0.2, -0.15) is 0 Å². The summed E-state index contributed by atoms with van der Waals surface area (Å²) in [5.74, 6) is 1.29. The maximum atomic E-state index is 11.7. The number of fused-ring (bicyclic) bond motifs is 1. The summed E-state index contributed by atoms with van der Waals surface area (Å²) in [5, 5.41) is 0. The van der Waals surface area contributed by atoms with Gasteiger partial charge in [-0.25, -0.2) is 9.97 Å². The first-order chi connectivity index (χ1) is 9.54. The fourth-order valence-corrected chi connectivity index (χ4v) is 2.55. The number of nitrogens with zero attached hydrogens (tertiary/aromatic N) is 3. The van der Waals surface area contributed by atoms with Crippen LogP contribution in [0, 0.1) is 6.92 Å². The van der Waals surface area contributed by atoms with Gasteiger partial charge in [0, 0.05) is 30.8 Å². The average Bonchev–Trinajstić information content (AvgIpc) is 2.41. The van der Waals surface area contributed by atoms with Gasteiger partial charge in [0.25, 0.3) is 0 Å². The van der Waals surface area contributed by atoms with Crippen molar-refractivity contribution >= 4 is 17.4 Å². The number of hydrogen-bond acceptors (Lipinski definition) is 4. The Balaban J connectivity index is 2.07. The number of amides is 1. The molecule has 1 amide bonds. The Morgan fingerprint density at radius 1 is 1.20 bits per heavy atom. The topological polar surface area (TPSA) is 72.1 Å². The molecule has 0 aliphatic carbocycles. The number of aromatic nitrogens is 2. The fraction of sp³-hybridized carbons (Fsp3) is 0.267. The Labute approximate surface area is 117 Å². The molecule has 0 saturated carbocycles. The number of rotatable bonds is 1. The molecular weight excluding hydrogens is 252 g/mol. The Morgan fingerprint density at radius 3 is 2.75 bits per heavy atom. The van der Waals surface area contributed by atoms with Crippen LogP contribution in [0.15, 0.2) is 24.3 Å². The number of nitrogens with two attached hydrogens (primary N) is 1. The predicted molar refractivity (Wildman–Crippen MR) is 78.3 cm³/mol. The zero-order valence-electron chi connectivity index (χ0n) is 11.6. The third kappa shape index (κ3) is 2.11. The molecule has 1 aliphatic rings. The van der Waals surface area contributed by atoms with Crippen LogP contribution in [-0.2, 0) is 11.2 Å². The summed E-state index contributed by atoms with van der Waals surface area (Å²) in [7, 11) is 1.81. The van der Waals surface area contributed by atoms with E-state index in [-0.39, 0.29) is 5.91 Å². The van der Waals surface area contributed by atoms with Gasteiger partial charge in [-0.1, -0.05) is 6.07 Å². The van der Waals surface area contributed by atoms with Gasteiger partial charge in [-0.05, 0) is 31.0 Å². The van der Waals surface area contributed by atoms with Crippen molar-refractivity contribution < 1.29 is 4.79 Å². The van der Waals surface area contributed by atoms with E-state index in [2.05, 4.69) is 16.0 Å². The highest BCUT2D eigenvalue weighted by molar-refractivity contribution is 5.96. The molecule has 5 nitrogen and oxygen atoms in total. The predicted octanol–water partition coefficient (Wildman–Crippen LogP) is 1.94. The van der Waals surface area contributed by atoms with Crippen LogP contribution in [-0.4, -0.2) is 22.9 Å². The van der Waals surface area contributed by atoms with Crippen LogP contribution in [0.1, 0.15) is 17.8 Å². The first kappa shape index (κ1) is 12.6. The van der Waals surface area contributed by atoms with Gasteiger partial charge in [0.05, 0.1) is 5.69 Å². The molecule has 1 aromatic carbocycles. The van der Waals surface area contributed by atoms with Gasteiger partial charge in [0.2, 0.25) is 5.91 Å². The van der Waals surface area contributed by atoms with Crippen LogP contribution in [0.3, 0.4) is 0 Å². The van der Waals surface area contributed by atoms with Gasteiger partial charge in [-0.3, -0.25) is 4.79 Å². The largest absolute Gasteiger partial charge is 0.384 e. The molecular formula is C15H16N4O. The maximum Gasteiger partial charge on any atom is 0.227 e. The summed E-state index contributed by atoms with van der Waals surface area (Å²) in [6, 6.07) is 7.79. The van der Waals surface area contributed by atoms with Crippen molar-refractivity contribution in [3.63, 3.8) is 0 Å². The van der Waals surface area contributed by atoms with Crippen molar-refractivity contribution in [3.8, 4) is 11.3 Å². The zero-order valence-corrected chi connectivity index (χ0v) is 11.6. The highest BCUT2D eigenvalue weighted by Crippen LogP contribution is 2.31. The van der Waals surface area contributed by atoms with Crippen LogP contribution in [0.5, 0.6) is 0 Å². The van der Waals surface area contributed by atoms with Gasteiger partial charge in [-0.15, -0.1) is 0 Å². The van der Waals surface area contributed by atoms with E-state index in [4.69, 9.17) is 5.73 Å². The number of benzene rings is 1. The zero-order chi connectivity index (χ0) is 14.3. The molecule has 2 aromatic rings. The highest BCUT2D eigenvalue weighted by atomic mass is 16.2. The van der Waals surface area contributed by atoms with Crippen molar-refractivity contribution in [1.82, 2.24) is 9.97 Å². The Hall–Kier alpha value is -2.43. The number of carbonyl (C=O) groups excluding carboxylic acids is 1.